The molecule has 4 rings (SSSR count). The highest BCUT2D eigenvalue weighted by Crippen LogP contribution is 2.42. The molecule has 1 aliphatic heterocycles. The van der Waals surface area contributed by atoms with Gasteiger partial charge in [0.05, 0.1) is 7.11 Å². The van der Waals surface area contributed by atoms with E-state index in [-0.39, 0.29) is 34.0 Å². The molecular formula is C22H22O11. The molecule has 11 heteroatoms. The Balaban J connectivity index is 1.70. The number of aliphatic hydroxyl groups excluding tert-OH is 4. The van der Waals surface area contributed by atoms with Gasteiger partial charge in [0.15, 0.2) is 23.2 Å². The molecule has 0 spiro atoms. The Morgan fingerprint density at radius 2 is 1.67 bits per heavy atom. The molecule has 1 saturated heterocycles. The third kappa shape index (κ3) is 4.19. The van der Waals surface area contributed by atoms with Crippen molar-refractivity contribution in [1.82, 2.24) is 0 Å². The van der Waals surface area contributed by atoms with Crippen molar-refractivity contribution >= 4 is 11.0 Å². The molecule has 2 heterocycles. The highest BCUT2D eigenvalue weighted by molar-refractivity contribution is 5.89. The summed E-state index contributed by atoms with van der Waals surface area (Å²) < 4.78 is 21.6. The van der Waals surface area contributed by atoms with Gasteiger partial charge in [0.1, 0.15) is 53.5 Å². The maximum atomic E-state index is 12.7. The Labute approximate surface area is 186 Å². The minimum absolute atomic E-state index is 0.0283. The molecule has 0 bridgehead atoms. The molecule has 0 amide bonds. The Morgan fingerprint density at radius 3 is 2.33 bits per heavy atom. The molecule has 6 N–H and O–H groups in total. The molecule has 176 valence electrons. The standard InChI is InChI=1S/C22H22O11/c1-30-21-14(31-8-15-17(25)19(27)20(28)22(29)33-15)7-13-16(18(21)26)11(24)6-12(32-13)9-2-4-10(23)5-3-9/h2-7,15,17,19-20,22-23,25-29H,8H2,1H3/t15-,17-,19+,20-,22?/m0/s1. The van der Waals surface area contributed by atoms with Crippen LogP contribution >= 0.6 is 0 Å². The summed E-state index contributed by atoms with van der Waals surface area (Å²) in [6.45, 7) is -0.412. The molecule has 1 unspecified atom stereocenters. The van der Waals surface area contributed by atoms with Crippen LogP contribution in [0.2, 0.25) is 0 Å². The monoisotopic (exact) mass is 462 g/mol. The van der Waals surface area contributed by atoms with Crippen molar-refractivity contribution < 1.29 is 49.3 Å². The number of ether oxygens (including phenoxy) is 3. The van der Waals surface area contributed by atoms with Gasteiger partial charge in [0.2, 0.25) is 5.75 Å². The Kier molecular flexibility index (Phi) is 6.15. The predicted octanol–water partition coefficient (Wildman–Crippen LogP) is 0.0585. The van der Waals surface area contributed by atoms with Gasteiger partial charge in [-0.2, -0.15) is 0 Å². The number of methoxy groups -OCH3 is 1. The van der Waals surface area contributed by atoms with Gasteiger partial charge in [-0.15, -0.1) is 0 Å². The first kappa shape index (κ1) is 22.8. The molecule has 1 fully saturated rings. The highest BCUT2D eigenvalue weighted by atomic mass is 16.6. The van der Waals surface area contributed by atoms with Crippen LogP contribution in [0.4, 0.5) is 0 Å². The quantitative estimate of drug-likeness (QED) is 0.302. The second-order valence-electron chi connectivity index (χ2n) is 7.50. The van der Waals surface area contributed by atoms with Crippen LogP contribution in [0.1, 0.15) is 0 Å². The largest absolute Gasteiger partial charge is 0.508 e. The minimum Gasteiger partial charge on any atom is -0.508 e. The zero-order chi connectivity index (χ0) is 23.9. The van der Waals surface area contributed by atoms with Gasteiger partial charge in [-0.3, -0.25) is 4.79 Å². The lowest BCUT2D eigenvalue weighted by Gasteiger charge is -2.38. The summed E-state index contributed by atoms with van der Waals surface area (Å²) >= 11 is 0. The average Bonchev–Trinajstić information content (AvgIpc) is 2.79. The second kappa shape index (κ2) is 8.89. The van der Waals surface area contributed by atoms with E-state index in [0.717, 1.165) is 0 Å². The first-order valence-electron chi connectivity index (χ1n) is 9.89. The molecule has 0 saturated carbocycles. The molecule has 0 radical (unpaired) electrons. The normalized spacial score (nSPS) is 25.2. The van der Waals surface area contributed by atoms with Gasteiger partial charge in [-0.25, -0.2) is 0 Å². The third-order valence-electron chi connectivity index (χ3n) is 5.36. The van der Waals surface area contributed by atoms with Gasteiger partial charge in [0.25, 0.3) is 0 Å². The van der Waals surface area contributed by atoms with E-state index < -0.39 is 48.5 Å². The number of benzene rings is 2. The molecule has 5 atom stereocenters. The van der Waals surface area contributed by atoms with Crippen LogP contribution in [-0.2, 0) is 4.74 Å². The molecule has 3 aromatic rings. The summed E-state index contributed by atoms with van der Waals surface area (Å²) in [4.78, 5) is 12.7. The van der Waals surface area contributed by atoms with Gasteiger partial charge < -0.3 is 49.3 Å². The first-order chi connectivity index (χ1) is 15.7. The van der Waals surface area contributed by atoms with E-state index in [1.165, 1.54) is 31.4 Å². The zero-order valence-electron chi connectivity index (χ0n) is 17.3. The van der Waals surface area contributed by atoms with Gasteiger partial charge in [0, 0.05) is 17.7 Å². The van der Waals surface area contributed by atoms with Crippen molar-refractivity contribution in [3.8, 4) is 34.3 Å². The number of hydrogen-bond acceptors (Lipinski definition) is 11. The van der Waals surface area contributed by atoms with Crippen molar-refractivity contribution in [2.24, 2.45) is 0 Å². The van der Waals surface area contributed by atoms with Crippen molar-refractivity contribution in [3.63, 3.8) is 0 Å². The molecule has 1 aliphatic rings. The average molecular weight is 462 g/mol. The molecule has 2 aromatic carbocycles. The minimum atomic E-state index is -1.74. The SMILES string of the molecule is COc1c(OC[C@@H]2OC(O)[C@@H](O)[C@H](O)[C@H]2O)cc2oc(-c3ccc(O)cc3)cc(=O)c2c1O. The van der Waals surface area contributed by atoms with Crippen LogP contribution in [0.5, 0.6) is 23.0 Å². The lowest BCUT2D eigenvalue weighted by atomic mass is 9.99. The Hall–Kier alpha value is -3.35. The van der Waals surface area contributed by atoms with Crippen LogP contribution in [0, 0.1) is 0 Å². The lowest BCUT2D eigenvalue weighted by molar-refractivity contribution is -0.285. The van der Waals surface area contributed by atoms with E-state index in [4.69, 9.17) is 18.6 Å². The van der Waals surface area contributed by atoms with Crippen molar-refractivity contribution in [2.75, 3.05) is 13.7 Å². The molecular weight excluding hydrogens is 440 g/mol. The maximum Gasteiger partial charge on any atom is 0.204 e. The van der Waals surface area contributed by atoms with Gasteiger partial charge in [-0.05, 0) is 24.3 Å². The number of aromatic hydroxyl groups is 2. The Bertz CT molecular complexity index is 1200. The molecule has 1 aromatic heterocycles. The maximum absolute atomic E-state index is 12.7. The molecule has 0 aliphatic carbocycles. The van der Waals surface area contributed by atoms with E-state index in [9.17, 15) is 35.4 Å². The predicted molar refractivity (Wildman–Crippen MR) is 112 cm³/mol. The number of rotatable bonds is 5. The summed E-state index contributed by atoms with van der Waals surface area (Å²) in [7, 11) is 1.25. The van der Waals surface area contributed by atoms with Crippen LogP contribution in [0.15, 0.2) is 45.6 Å². The summed E-state index contributed by atoms with van der Waals surface area (Å²) in [5.74, 6) is -0.571. The van der Waals surface area contributed by atoms with E-state index >= 15 is 0 Å². The highest BCUT2D eigenvalue weighted by Gasteiger charge is 2.43. The van der Waals surface area contributed by atoms with Gasteiger partial charge in [-0.1, -0.05) is 0 Å². The number of hydrogen-bond donors (Lipinski definition) is 6. The van der Waals surface area contributed by atoms with E-state index in [1.54, 1.807) is 12.1 Å². The fraction of sp³-hybridized carbons (Fsp3) is 0.318. The summed E-state index contributed by atoms with van der Waals surface area (Å²) in [6.07, 6.45) is -7.89. The van der Waals surface area contributed by atoms with E-state index in [2.05, 4.69) is 0 Å². The fourth-order valence-electron chi connectivity index (χ4n) is 3.57. The van der Waals surface area contributed by atoms with Crippen LogP contribution in [-0.4, -0.2) is 75.1 Å². The summed E-state index contributed by atoms with van der Waals surface area (Å²) in [5.41, 5.74) is -0.0720. The van der Waals surface area contributed by atoms with Crippen LogP contribution < -0.4 is 14.9 Å². The molecule has 11 nitrogen and oxygen atoms in total. The zero-order valence-corrected chi connectivity index (χ0v) is 17.3. The van der Waals surface area contributed by atoms with Crippen molar-refractivity contribution in [2.45, 2.75) is 30.7 Å². The van der Waals surface area contributed by atoms with Gasteiger partial charge >= 0.3 is 0 Å². The number of phenolic OH excluding ortho intramolecular Hbond substituents is 2. The summed E-state index contributed by atoms with van der Waals surface area (Å²) in [6, 6.07) is 8.44. The topological polar surface area (TPSA) is 179 Å². The number of fused-ring (bicyclic) bond motifs is 1. The van der Waals surface area contributed by atoms with E-state index in [0.29, 0.717) is 5.56 Å². The second-order valence-corrected chi connectivity index (χ2v) is 7.50. The van der Waals surface area contributed by atoms with Crippen LogP contribution in [0.25, 0.3) is 22.3 Å². The van der Waals surface area contributed by atoms with Crippen molar-refractivity contribution in [3.05, 3.63) is 46.6 Å². The summed E-state index contributed by atoms with van der Waals surface area (Å²) in [5, 5.41) is 59.1. The lowest BCUT2D eigenvalue weighted by Crippen LogP contribution is -2.58. The third-order valence-corrected chi connectivity index (χ3v) is 5.36. The van der Waals surface area contributed by atoms with Crippen molar-refractivity contribution in [1.29, 1.82) is 0 Å². The Morgan fingerprint density at radius 1 is 0.970 bits per heavy atom. The number of aliphatic hydroxyl groups is 4. The fourth-order valence-corrected chi connectivity index (χ4v) is 3.57. The van der Waals surface area contributed by atoms with Crippen LogP contribution in [0.3, 0.4) is 0 Å². The van der Waals surface area contributed by atoms with E-state index in [1.807, 2.05) is 0 Å². The molecule has 33 heavy (non-hydrogen) atoms. The first-order valence-corrected chi connectivity index (χ1v) is 9.89. The smallest absolute Gasteiger partial charge is 0.204 e. The number of phenols is 2.